The van der Waals surface area contributed by atoms with E-state index in [0.717, 1.165) is 31.5 Å². The van der Waals surface area contributed by atoms with Crippen molar-refractivity contribution in [1.82, 2.24) is 0 Å². The smallest absolute Gasteiger partial charge is 0.293 e. The number of aryl methyl sites for hydroxylation is 1. The minimum absolute atomic E-state index is 0.0469. The Morgan fingerprint density at radius 3 is 2.83 bits per heavy atom. The van der Waals surface area contributed by atoms with Crippen LogP contribution >= 0.6 is 0 Å². The lowest BCUT2D eigenvalue weighted by Crippen LogP contribution is -2.31. The summed E-state index contributed by atoms with van der Waals surface area (Å²) in [5, 5.41) is 0. The first-order chi connectivity index (χ1) is 8.86. The number of furan rings is 1. The molecule has 3 rings (SSSR count). The molecule has 2 aromatic rings. The van der Waals surface area contributed by atoms with Crippen LogP contribution in [-0.2, 0) is 6.42 Å². The predicted molar refractivity (Wildman–Crippen MR) is 69.8 cm³/mol. The summed E-state index contributed by atoms with van der Waals surface area (Å²) in [5.74, 6) is 0.362. The van der Waals surface area contributed by atoms with Gasteiger partial charge in [0.25, 0.3) is 5.91 Å². The SMILES string of the molecule is O=C(c1ccco1)N1CCCCc2ccccc21. The molecule has 1 aliphatic rings. The second-order valence-electron chi connectivity index (χ2n) is 4.52. The van der Waals surface area contributed by atoms with Crippen molar-refractivity contribution in [3.8, 4) is 0 Å². The summed E-state index contributed by atoms with van der Waals surface area (Å²) >= 11 is 0. The molecule has 0 atom stereocenters. The molecule has 0 radical (unpaired) electrons. The van der Waals surface area contributed by atoms with Gasteiger partial charge in [0.15, 0.2) is 5.76 Å². The van der Waals surface area contributed by atoms with Gasteiger partial charge in [-0.2, -0.15) is 0 Å². The van der Waals surface area contributed by atoms with E-state index in [1.165, 1.54) is 11.8 Å². The fourth-order valence-corrected chi connectivity index (χ4v) is 2.44. The van der Waals surface area contributed by atoms with Gasteiger partial charge in [-0.15, -0.1) is 0 Å². The molecule has 3 nitrogen and oxygen atoms in total. The van der Waals surface area contributed by atoms with Gasteiger partial charge in [0.05, 0.1) is 6.26 Å². The number of para-hydroxylation sites is 1. The number of nitrogens with zero attached hydrogens (tertiary/aromatic N) is 1. The Morgan fingerprint density at radius 1 is 1.11 bits per heavy atom. The fraction of sp³-hybridized carbons (Fsp3) is 0.267. The summed E-state index contributed by atoms with van der Waals surface area (Å²) in [4.78, 5) is 14.2. The van der Waals surface area contributed by atoms with Crippen molar-refractivity contribution in [3.63, 3.8) is 0 Å². The average Bonchev–Trinajstić information content (AvgIpc) is 2.85. The molecule has 1 aliphatic heterocycles. The van der Waals surface area contributed by atoms with E-state index in [1.54, 1.807) is 12.1 Å². The Kier molecular flexibility index (Phi) is 2.89. The van der Waals surface area contributed by atoms with Crippen LogP contribution in [0.1, 0.15) is 29.0 Å². The summed E-state index contributed by atoms with van der Waals surface area (Å²) < 4.78 is 5.21. The Morgan fingerprint density at radius 2 is 2.00 bits per heavy atom. The quantitative estimate of drug-likeness (QED) is 0.767. The largest absolute Gasteiger partial charge is 0.459 e. The van der Waals surface area contributed by atoms with E-state index in [-0.39, 0.29) is 5.91 Å². The average molecular weight is 241 g/mol. The Balaban J connectivity index is 1.99. The molecule has 2 heterocycles. The number of hydrogen-bond acceptors (Lipinski definition) is 2. The van der Waals surface area contributed by atoms with Gasteiger partial charge >= 0.3 is 0 Å². The maximum atomic E-state index is 12.4. The van der Waals surface area contributed by atoms with Crippen LogP contribution in [-0.4, -0.2) is 12.5 Å². The lowest BCUT2D eigenvalue weighted by atomic mass is 10.1. The van der Waals surface area contributed by atoms with Gasteiger partial charge in [0, 0.05) is 12.2 Å². The van der Waals surface area contributed by atoms with E-state index >= 15 is 0 Å². The third-order valence-corrected chi connectivity index (χ3v) is 3.34. The van der Waals surface area contributed by atoms with Crippen LogP contribution < -0.4 is 4.90 Å². The zero-order valence-corrected chi connectivity index (χ0v) is 10.1. The van der Waals surface area contributed by atoms with Crippen molar-refractivity contribution >= 4 is 11.6 Å². The second kappa shape index (κ2) is 4.69. The second-order valence-corrected chi connectivity index (χ2v) is 4.52. The molecule has 0 spiro atoms. The van der Waals surface area contributed by atoms with Crippen LogP contribution in [0.2, 0.25) is 0 Å². The number of carbonyl (C=O) groups is 1. The van der Waals surface area contributed by atoms with Crippen molar-refractivity contribution in [3.05, 3.63) is 54.0 Å². The molecule has 0 fully saturated rings. The van der Waals surface area contributed by atoms with Gasteiger partial charge in [-0.25, -0.2) is 0 Å². The highest BCUT2D eigenvalue weighted by molar-refractivity contribution is 6.04. The first-order valence-electron chi connectivity index (χ1n) is 6.29. The summed E-state index contributed by atoms with van der Waals surface area (Å²) in [6.45, 7) is 0.760. The van der Waals surface area contributed by atoms with Crippen LogP contribution in [0.25, 0.3) is 0 Å². The van der Waals surface area contributed by atoms with Gasteiger partial charge < -0.3 is 9.32 Å². The number of anilines is 1. The minimum Gasteiger partial charge on any atom is -0.459 e. The molecule has 0 unspecified atom stereocenters. The first-order valence-corrected chi connectivity index (χ1v) is 6.29. The highest BCUT2D eigenvalue weighted by Crippen LogP contribution is 2.27. The molecular weight excluding hydrogens is 226 g/mol. The number of hydrogen-bond donors (Lipinski definition) is 0. The molecule has 0 N–H and O–H groups in total. The van der Waals surface area contributed by atoms with Crippen molar-refractivity contribution in [1.29, 1.82) is 0 Å². The number of carbonyl (C=O) groups excluding carboxylic acids is 1. The first kappa shape index (κ1) is 11.1. The Labute approximate surface area is 106 Å². The molecule has 92 valence electrons. The summed E-state index contributed by atoms with van der Waals surface area (Å²) in [6, 6.07) is 11.6. The lowest BCUT2D eigenvalue weighted by molar-refractivity contribution is 0.0960. The molecule has 18 heavy (non-hydrogen) atoms. The van der Waals surface area contributed by atoms with Crippen molar-refractivity contribution in [2.45, 2.75) is 19.3 Å². The highest BCUT2D eigenvalue weighted by Gasteiger charge is 2.23. The third kappa shape index (κ3) is 1.92. The minimum atomic E-state index is -0.0469. The van der Waals surface area contributed by atoms with E-state index in [2.05, 4.69) is 6.07 Å². The number of fused-ring (bicyclic) bond motifs is 1. The predicted octanol–water partition coefficient (Wildman–Crippen LogP) is 3.26. The van der Waals surface area contributed by atoms with E-state index in [9.17, 15) is 4.79 Å². The molecule has 3 heteroatoms. The number of rotatable bonds is 1. The molecular formula is C15H15NO2. The van der Waals surface area contributed by atoms with E-state index in [0.29, 0.717) is 5.76 Å². The van der Waals surface area contributed by atoms with E-state index in [4.69, 9.17) is 4.42 Å². The molecule has 1 aromatic heterocycles. The highest BCUT2D eigenvalue weighted by atomic mass is 16.3. The number of benzene rings is 1. The number of amides is 1. The van der Waals surface area contributed by atoms with Gasteiger partial charge in [0.2, 0.25) is 0 Å². The third-order valence-electron chi connectivity index (χ3n) is 3.34. The Bertz CT molecular complexity index is 545. The Hall–Kier alpha value is -2.03. The van der Waals surface area contributed by atoms with Gasteiger partial charge in [-0.3, -0.25) is 4.79 Å². The van der Waals surface area contributed by atoms with Crippen LogP contribution in [0.4, 0.5) is 5.69 Å². The summed E-state index contributed by atoms with van der Waals surface area (Å²) in [6.07, 6.45) is 4.73. The topological polar surface area (TPSA) is 33.5 Å². The standard InChI is InChI=1S/C15H15NO2/c17-15(14-9-5-11-18-14)16-10-4-3-7-12-6-1-2-8-13(12)16/h1-2,5-6,8-9,11H,3-4,7,10H2. The van der Waals surface area contributed by atoms with Gasteiger partial charge in [0.1, 0.15) is 0 Å². The fourth-order valence-electron chi connectivity index (χ4n) is 2.44. The molecule has 0 saturated carbocycles. The maximum Gasteiger partial charge on any atom is 0.293 e. The molecule has 0 bridgehead atoms. The lowest BCUT2D eigenvalue weighted by Gasteiger charge is -2.21. The van der Waals surface area contributed by atoms with Crippen LogP contribution in [0.3, 0.4) is 0 Å². The van der Waals surface area contributed by atoms with E-state index in [1.807, 2.05) is 23.1 Å². The van der Waals surface area contributed by atoms with Crippen LogP contribution in [0, 0.1) is 0 Å². The monoisotopic (exact) mass is 241 g/mol. The van der Waals surface area contributed by atoms with Crippen LogP contribution in [0.5, 0.6) is 0 Å². The molecule has 0 saturated heterocycles. The summed E-state index contributed by atoms with van der Waals surface area (Å²) in [7, 11) is 0. The molecule has 1 amide bonds. The molecule has 1 aromatic carbocycles. The molecule has 0 aliphatic carbocycles. The van der Waals surface area contributed by atoms with E-state index < -0.39 is 0 Å². The van der Waals surface area contributed by atoms with Crippen molar-refractivity contribution in [2.24, 2.45) is 0 Å². The normalized spacial score (nSPS) is 15.0. The van der Waals surface area contributed by atoms with Crippen molar-refractivity contribution in [2.75, 3.05) is 11.4 Å². The van der Waals surface area contributed by atoms with Crippen LogP contribution in [0.15, 0.2) is 47.1 Å². The summed E-state index contributed by atoms with van der Waals surface area (Å²) in [5.41, 5.74) is 2.27. The zero-order chi connectivity index (χ0) is 12.4. The van der Waals surface area contributed by atoms with Crippen molar-refractivity contribution < 1.29 is 9.21 Å². The van der Waals surface area contributed by atoms with Gasteiger partial charge in [-0.1, -0.05) is 18.2 Å². The maximum absolute atomic E-state index is 12.4. The van der Waals surface area contributed by atoms with Gasteiger partial charge in [-0.05, 0) is 43.0 Å². The zero-order valence-electron chi connectivity index (χ0n) is 10.1.